The zero-order valence-electron chi connectivity index (χ0n) is 9.38. The van der Waals surface area contributed by atoms with Gasteiger partial charge in [0.1, 0.15) is 5.82 Å². The number of benzene rings is 1. The molecule has 0 aromatic heterocycles. The van der Waals surface area contributed by atoms with Crippen LogP contribution in [0.4, 0.5) is 4.39 Å². The zero-order valence-corrected chi connectivity index (χ0v) is 11.0. The highest BCUT2D eigenvalue weighted by molar-refractivity contribution is 9.10. The summed E-state index contributed by atoms with van der Waals surface area (Å²) in [5, 5.41) is 9.49. The van der Waals surface area contributed by atoms with Crippen molar-refractivity contribution in [2.24, 2.45) is 0 Å². The van der Waals surface area contributed by atoms with Crippen LogP contribution in [0, 0.1) is 5.82 Å². The molecule has 1 saturated carbocycles. The van der Waals surface area contributed by atoms with Crippen molar-refractivity contribution in [1.29, 1.82) is 0 Å². The fraction of sp³-hybridized carbons (Fsp3) is 0.462. The van der Waals surface area contributed by atoms with E-state index < -0.39 is 11.4 Å². The van der Waals surface area contributed by atoms with Crippen molar-refractivity contribution in [3.05, 3.63) is 34.1 Å². The molecule has 1 aromatic rings. The summed E-state index contributed by atoms with van der Waals surface area (Å²) >= 11 is 3.22. The smallest absolute Gasteiger partial charge is 0.314 e. The Morgan fingerprint density at radius 2 is 1.88 bits per heavy atom. The van der Waals surface area contributed by atoms with E-state index in [1.54, 1.807) is 6.07 Å². The average Bonchev–Trinajstić information content (AvgIpc) is 2.28. The maximum atomic E-state index is 13.4. The molecule has 2 rings (SSSR count). The van der Waals surface area contributed by atoms with Gasteiger partial charge in [0.2, 0.25) is 0 Å². The first-order valence-corrected chi connectivity index (χ1v) is 6.54. The first-order valence-electron chi connectivity index (χ1n) is 5.74. The second kappa shape index (κ2) is 4.77. The largest absolute Gasteiger partial charge is 0.481 e. The van der Waals surface area contributed by atoms with Crippen molar-refractivity contribution < 1.29 is 14.3 Å². The van der Waals surface area contributed by atoms with Crippen molar-refractivity contribution in [1.82, 2.24) is 0 Å². The van der Waals surface area contributed by atoms with Crippen LogP contribution in [0.2, 0.25) is 0 Å². The van der Waals surface area contributed by atoms with Crippen molar-refractivity contribution in [2.45, 2.75) is 37.5 Å². The van der Waals surface area contributed by atoms with E-state index in [9.17, 15) is 14.3 Å². The molecule has 0 unspecified atom stereocenters. The first kappa shape index (κ1) is 12.6. The van der Waals surface area contributed by atoms with Gasteiger partial charge in [0.05, 0.1) is 5.41 Å². The molecule has 17 heavy (non-hydrogen) atoms. The van der Waals surface area contributed by atoms with Gasteiger partial charge in [0.25, 0.3) is 0 Å². The van der Waals surface area contributed by atoms with E-state index >= 15 is 0 Å². The average molecular weight is 301 g/mol. The third-order valence-electron chi connectivity index (χ3n) is 3.53. The van der Waals surface area contributed by atoms with Gasteiger partial charge in [-0.2, -0.15) is 0 Å². The summed E-state index contributed by atoms with van der Waals surface area (Å²) in [5.41, 5.74) is -0.320. The summed E-state index contributed by atoms with van der Waals surface area (Å²) < 4.78 is 14.0. The molecule has 0 radical (unpaired) electrons. The number of halogens is 2. The van der Waals surface area contributed by atoms with Crippen LogP contribution in [-0.4, -0.2) is 11.1 Å². The standard InChI is InChI=1S/C13H14BrFO2/c14-10-6-9(7-11(15)8-10)13(12(16)17)4-2-1-3-5-13/h6-8H,1-5H2,(H,16,17). The number of hydrogen-bond donors (Lipinski definition) is 1. The Balaban J connectivity index is 2.48. The number of carboxylic acids is 1. The Hall–Kier alpha value is -0.900. The van der Waals surface area contributed by atoms with Crippen molar-refractivity contribution in [3.63, 3.8) is 0 Å². The molecule has 0 amide bonds. The van der Waals surface area contributed by atoms with Crippen LogP contribution in [-0.2, 0) is 10.2 Å². The molecule has 1 aliphatic carbocycles. The topological polar surface area (TPSA) is 37.3 Å². The van der Waals surface area contributed by atoms with Crippen molar-refractivity contribution in [2.75, 3.05) is 0 Å². The van der Waals surface area contributed by atoms with Crippen LogP contribution in [0.3, 0.4) is 0 Å². The fourth-order valence-electron chi connectivity index (χ4n) is 2.61. The van der Waals surface area contributed by atoms with Gasteiger partial charge in [-0.15, -0.1) is 0 Å². The predicted octanol–water partition coefficient (Wildman–Crippen LogP) is 3.87. The highest BCUT2D eigenvalue weighted by Crippen LogP contribution is 2.40. The molecule has 4 heteroatoms. The monoisotopic (exact) mass is 300 g/mol. The van der Waals surface area contributed by atoms with Crippen LogP contribution >= 0.6 is 15.9 Å². The van der Waals surface area contributed by atoms with E-state index in [-0.39, 0.29) is 5.82 Å². The minimum absolute atomic E-state index is 0.388. The molecule has 92 valence electrons. The first-order chi connectivity index (χ1) is 8.04. The summed E-state index contributed by atoms with van der Waals surface area (Å²) in [6.45, 7) is 0. The van der Waals surface area contributed by atoms with Crippen LogP contribution in [0.25, 0.3) is 0 Å². The van der Waals surface area contributed by atoms with Gasteiger partial charge in [-0.1, -0.05) is 35.2 Å². The van der Waals surface area contributed by atoms with Crippen LogP contribution in [0.5, 0.6) is 0 Å². The van der Waals surface area contributed by atoms with Gasteiger partial charge in [-0.3, -0.25) is 4.79 Å². The minimum atomic E-state index is -0.900. The molecular formula is C13H14BrFO2. The van der Waals surface area contributed by atoms with Crippen LogP contribution in [0.15, 0.2) is 22.7 Å². The highest BCUT2D eigenvalue weighted by Gasteiger charge is 2.41. The van der Waals surface area contributed by atoms with E-state index in [2.05, 4.69) is 15.9 Å². The normalized spacial score (nSPS) is 18.9. The molecular weight excluding hydrogens is 287 g/mol. The molecule has 1 aromatic carbocycles. The third-order valence-corrected chi connectivity index (χ3v) is 3.99. The number of aliphatic carboxylic acids is 1. The minimum Gasteiger partial charge on any atom is -0.481 e. The Morgan fingerprint density at radius 1 is 1.24 bits per heavy atom. The maximum absolute atomic E-state index is 13.4. The fourth-order valence-corrected chi connectivity index (χ4v) is 3.08. The van der Waals surface area contributed by atoms with E-state index in [0.717, 1.165) is 19.3 Å². The number of carboxylic acid groups (broad SMARTS) is 1. The van der Waals surface area contributed by atoms with Gasteiger partial charge in [-0.05, 0) is 36.6 Å². The quantitative estimate of drug-likeness (QED) is 0.900. The molecule has 0 atom stereocenters. The second-order valence-electron chi connectivity index (χ2n) is 4.61. The van der Waals surface area contributed by atoms with E-state index in [1.807, 2.05) is 0 Å². The molecule has 1 aliphatic rings. The summed E-state index contributed by atoms with van der Waals surface area (Å²) in [6.07, 6.45) is 4.03. The molecule has 0 bridgehead atoms. The van der Waals surface area contributed by atoms with Gasteiger partial charge in [0.15, 0.2) is 0 Å². The third kappa shape index (κ3) is 2.37. The predicted molar refractivity (Wildman–Crippen MR) is 66.5 cm³/mol. The molecule has 0 heterocycles. The molecule has 0 aliphatic heterocycles. The van der Waals surface area contributed by atoms with Gasteiger partial charge in [-0.25, -0.2) is 4.39 Å². The Labute approximate surface area is 108 Å². The van der Waals surface area contributed by atoms with E-state index in [4.69, 9.17) is 0 Å². The highest BCUT2D eigenvalue weighted by atomic mass is 79.9. The van der Waals surface area contributed by atoms with Crippen LogP contribution < -0.4 is 0 Å². The molecule has 1 N–H and O–H groups in total. The van der Waals surface area contributed by atoms with E-state index in [1.165, 1.54) is 12.1 Å². The molecule has 2 nitrogen and oxygen atoms in total. The SMILES string of the molecule is O=C(O)C1(c2cc(F)cc(Br)c2)CCCCC1. The lowest BCUT2D eigenvalue weighted by Crippen LogP contribution is -2.37. The van der Waals surface area contributed by atoms with Crippen LogP contribution in [0.1, 0.15) is 37.7 Å². The molecule has 1 fully saturated rings. The molecule has 0 saturated heterocycles. The number of rotatable bonds is 2. The number of carbonyl (C=O) groups is 1. The zero-order chi connectivity index (χ0) is 12.5. The lowest BCUT2D eigenvalue weighted by molar-refractivity contribution is -0.145. The lowest BCUT2D eigenvalue weighted by Gasteiger charge is -2.33. The lowest BCUT2D eigenvalue weighted by atomic mass is 9.69. The summed E-state index contributed by atoms with van der Waals surface area (Å²) in [6, 6.07) is 4.43. The second-order valence-corrected chi connectivity index (χ2v) is 5.52. The summed E-state index contributed by atoms with van der Waals surface area (Å²) in [7, 11) is 0. The summed E-state index contributed by atoms with van der Waals surface area (Å²) in [4.78, 5) is 11.6. The Kier molecular flexibility index (Phi) is 3.52. The van der Waals surface area contributed by atoms with Crippen molar-refractivity contribution in [3.8, 4) is 0 Å². The van der Waals surface area contributed by atoms with E-state index in [0.29, 0.717) is 22.9 Å². The van der Waals surface area contributed by atoms with Gasteiger partial charge in [0, 0.05) is 4.47 Å². The molecule has 0 spiro atoms. The maximum Gasteiger partial charge on any atom is 0.314 e. The number of hydrogen-bond acceptors (Lipinski definition) is 1. The Morgan fingerprint density at radius 3 is 2.41 bits per heavy atom. The summed E-state index contributed by atoms with van der Waals surface area (Å²) in [5.74, 6) is -1.23. The van der Waals surface area contributed by atoms with Crippen molar-refractivity contribution >= 4 is 21.9 Å². The Bertz CT molecular complexity index is 419. The van der Waals surface area contributed by atoms with Gasteiger partial charge >= 0.3 is 5.97 Å². The van der Waals surface area contributed by atoms with Gasteiger partial charge < -0.3 is 5.11 Å².